The molecule has 0 bridgehead atoms. The molecule has 0 atom stereocenters. The molecule has 0 saturated heterocycles. The lowest BCUT2D eigenvalue weighted by Crippen LogP contribution is -2.45. The summed E-state index contributed by atoms with van der Waals surface area (Å²) in [5.41, 5.74) is 1.17. The average Bonchev–Trinajstić information content (AvgIpc) is 3.48. The highest BCUT2D eigenvalue weighted by Crippen LogP contribution is 2.33. The van der Waals surface area contributed by atoms with Crippen LogP contribution in [0.4, 0.5) is 10.5 Å². The fourth-order valence-electron chi connectivity index (χ4n) is 3.98. The third-order valence-corrected chi connectivity index (χ3v) is 6.33. The molecule has 0 aliphatic carbocycles. The molecular weight excluding hydrogens is 517 g/mol. The van der Waals surface area contributed by atoms with Gasteiger partial charge >= 0.3 is 6.03 Å². The predicted octanol–water partition coefficient (Wildman–Crippen LogP) is 6.34. The van der Waals surface area contributed by atoms with Gasteiger partial charge in [-0.3, -0.25) is 4.79 Å². The van der Waals surface area contributed by atoms with Crippen molar-refractivity contribution in [3.8, 4) is 11.5 Å². The van der Waals surface area contributed by atoms with Gasteiger partial charge in [-0.2, -0.15) is 0 Å². The molecular formula is C27H29Cl2N3O5. The highest BCUT2D eigenvalue weighted by atomic mass is 35.5. The average molecular weight is 546 g/mol. The Balaban J connectivity index is 1.54. The number of para-hydroxylation sites is 1. The van der Waals surface area contributed by atoms with Crippen LogP contribution in [0.5, 0.6) is 11.5 Å². The second kappa shape index (κ2) is 11.8. The number of aryl methyl sites for hydroxylation is 1. The number of nitrogens with one attached hydrogen (secondary N) is 1. The van der Waals surface area contributed by atoms with E-state index < -0.39 is 6.03 Å². The molecule has 1 aliphatic rings. The van der Waals surface area contributed by atoms with E-state index >= 15 is 0 Å². The maximum absolute atomic E-state index is 13.6. The highest BCUT2D eigenvalue weighted by Gasteiger charge is 2.25. The quantitative estimate of drug-likeness (QED) is 0.339. The van der Waals surface area contributed by atoms with E-state index in [1.165, 1.54) is 4.90 Å². The molecule has 1 aromatic heterocycles. The van der Waals surface area contributed by atoms with Crippen LogP contribution in [0.1, 0.15) is 30.9 Å². The molecule has 0 radical (unpaired) electrons. The van der Waals surface area contributed by atoms with Gasteiger partial charge < -0.3 is 29.0 Å². The number of halogens is 2. The molecule has 8 nitrogen and oxygen atoms in total. The summed E-state index contributed by atoms with van der Waals surface area (Å²) >= 11 is 12.5. The Morgan fingerprint density at radius 1 is 0.973 bits per heavy atom. The summed E-state index contributed by atoms with van der Waals surface area (Å²) in [4.78, 5) is 30.0. The monoisotopic (exact) mass is 545 g/mol. The summed E-state index contributed by atoms with van der Waals surface area (Å²) in [5.74, 6) is 2.58. The lowest BCUT2D eigenvalue weighted by Gasteiger charge is -2.29. The van der Waals surface area contributed by atoms with Crippen molar-refractivity contribution >= 4 is 40.8 Å². The first-order valence-corrected chi connectivity index (χ1v) is 12.7. The zero-order valence-corrected chi connectivity index (χ0v) is 22.4. The minimum Gasteiger partial charge on any atom is -0.464 e. The van der Waals surface area contributed by atoms with Crippen molar-refractivity contribution in [1.82, 2.24) is 9.80 Å². The van der Waals surface area contributed by atoms with E-state index in [-0.39, 0.29) is 31.7 Å². The second-order valence-corrected chi connectivity index (χ2v) is 10.1. The number of anilines is 1. The number of ether oxygens (including phenoxy) is 2. The normalized spacial score (nSPS) is 12.1. The van der Waals surface area contributed by atoms with Crippen LogP contribution in [0.15, 0.2) is 52.9 Å². The Bertz CT molecular complexity index is 1260. The fraction of sp³-hybridized carbons (Fsp3) is 0.333. The number of urea groups is 1. The number of benzene rings is 2. The van der Waals surface area contributed by atoms with Gasteiger partial charge in [0.05, 0.1) is 22.3 Å². The van der Waals surface area contributed by atoms with Gasteiger partial charge in [-0.05, 0) is 54.8 Å². The smallest absolute Gasteiger partial charge is 0.322 e. The van der Waals surface area contributed by atoms with Crippen molar-refractivity contribution in [2.45, 2.75) is 33.9 Å². The number of amides is 3. The minimum absolute atomic E-state index is 0.121. The van der Waals surface area contributed by atoms with E-state index in [0.717, 1.165) is 11.3 Å². The SMILES string of the molecule is Cc1ccc(CN(Cc2ccc3c(c2)OCO3)C(=O)CN(CC(C)C)C(=O)Nc2c(Cl)cccc2Cl)o1. The van der Waals surface area contributed by atoms with Crippen molar-refractivity contribution < 1.29 is 23.5 Å². The van der Waals surface area contributed by atoms with Crippen molar-refractivity contribution in [1.29, 1.82) is 0 Å². The van der Waals surface area contributed by atoms with Crippen molar-refractivity contribution in [3.63, 3.8) is 0 Å². The van der Waals surface area contributed by atoms with Gasteiger partial charge in [-0.15, -0.1) is 0 Å². The number of fused-ring (bicyclic) bond motifs is 1. The molecule has 1 aliphatic heterocycles. The summed E-state index contributed by atoms with van der Waals surface area (Å²) in [5, 5.41) is 3.39. The summed E-state index contributed by atoms with van der Waals surface area (Å²) in [6, 6.07) is 13.8. The van der Waals surface area contributed by atoms with E-state index in [1.54, 1.807) is 23.1 Å². The number of carbonyl (C=O) groups excluding carboxylic acids is 2. The Hall–Kier alpha value is -3.36. The molecule has 4 rings (SSSR count). The third-order valence-electron chi connectivity index (χ3n) is 5.70. The van der Waals surface area contributed by atoms with Crippen molar-refractivity contribution in [2.24, 2.45) is 5.92 Å². The van der Waals surface area contributed by atoms with Crippen LogP contribution < -0.4 is 14.8 Å². The first-order chi connectivity index (χ1) is 17.7. The third kappa shape index (κ3) is 6.90. The molecule has 0 spiro atoms. The maximum Gasteiger partial charge on any atom is 0.322 e. The summed E-state index contributed by atoms with van der Waals surface area (Å²) < 4.78 is 16.6. The van der Waals surface area contributed by atoms with Crippen LogP contribution in [0.3, 0.4) is 0 Å². The molecule has 0 unspecified atom stereocenters. The Kier molecular flexibility index (Phi) is 8.51. The first kappa shape index (κ1) is 26.7. The molecule has 10 heteroatoms. The van der Waals surface area contributed by atoms with Crippen LogP contribution >= 0.6 is 23.2 Å². The van der Waals surface area contributed by atoms with E-state index in [9.17, 15) is 9.59 Å². The lowest BCUT2D eigenvalue weighted by atomic mass is 10.1. The number of hydrogen-bond donors (Lipinski definition) is 1. The molecule has 37 heavy (non-hydrogen) atoms. The van der Waals surface area contributed by atoms with Gasteiger partial charge in [-0.25, -0.2) is 4.79 Å². The van der Waals surface area contributed by atoms with Crippen LogP contribution in [0, 0.1) is 12.8 Å². The Labute approximate surface area is 226 Å². The largest absolute Gasteiger partial charge is 0.464 e. The Morgan fingerprint density at radius 3 is 2.38 bits per heavy atom. The van der Waals surface area contributed by atoms with E-state index in [0.29, 0.717) is 46.1 Å². The number of carbonyl (C=O) groups is 2. The minimum atomic E-state index is -0.464. The van der Waals surface area contributed by atoms with Gasteiger partial charge in [-0.1, -0.05) is 49.2 Å². The van der Waals surface area contributed by atoms with Crippen LogP contribution in [-0.4, -0.2) is 41.6 Å². The van der Waals surface area contributed by atoms with E-state index in [1.807, 2.05) is 51.1 Å². The summed E-state index contributed by atoms with van der Waals surface area (Å²) in [6.45, 7) is 6.72. The summed E-state index contributed by atoms with van der Waals surface area (Å²) in [7, 11) is 0. The zero-order valence-electron chi connectivity index (χ0n) is 20.9. The van der Waals surface area contributed by atoms with E-state index in [4.69, 9.17) is 37.1 Å². The molecule has 2 aromatic carbocycles. The van der Waals surface area contributed by atoms with Crippen LogP contribution in [0.25, 0.3) is 0 Å². The topological polar surface area (TPSA) is 84.2 Å². The van der Waals surface area contributed by atoms with Gasteiger partial charge in [0.1, 0.15) is 18.1 Å². The summed E-state index contributed by atoms with van der Waals surface area (Å²) in [6.07, 6.45) is 0. The number of hydrogen-bond acceptors (Lipinski definition) is 5. The fourth-order valence-corrected chi connectivity index (χ4v) is 4.47. The maximum atomic E-state index is 13.6. The molecule has 3 aromatic rings. The van der Waals surface area contributed by atoms with Gasteiger partial charge in [0.15, 0.2) is 11.5 Å². The number of rotatable bonds is 9. The standard InChI is InChI=1S/C27H29Cl2N3O5/c1-17(2)12-32(27(34)30-26-21(28)5-4-6-22(26)29)15-25(33)31(14-20-9-7-18(3)37-20)13-19-8-10-23-24(11-19)36-16-35-23/h4-11,17H,12-16H2,1-3H3,(H,30,34). The van der Waals surface area contributed by atoms with Crippen LogP contribution in [0.2, 0.25) is 10.0 Å². The van der Waals surface area contributed by atoms with Gasteiger partial charge in [0.25, 0.3) is 0 Å². The van der Waals surface area contributed by atoms with Crippen LogP contribution in [-0.2, 0) is 17.9 Å². The van der Waals surface area contributed by atoms with Crippen molar-refractivity contribution in [3.05, 3.63) is 75.7 Å². The first-order valence-electron chi connectivity index (χ1n) is 11.9. The van der Waals surface area contributed by atoms with Gasteiger partial charge in [0.2, 0.25) is 12.7 Å². The predicted molar refractivity (Wildman–Crippen MR) is 142 cm³/mol. The van der Waals surface area contributed by atoms with Gasteiger partial charge in [0, 0.05) is 13.1 Å². The lowest BCUT2D eigenvalue weighted by molar-refractivity contribution is -0.133. The van der Waals surface area contributed by atoms with E-state index in [2.05, 4.69) is 5.32 Å². The molecule has 2 heterocycles. The molecule has 0 saturated carbocycles. The highest BCUT2D eigenvalue weighted by molar-refractivity contribution is 6.39. The Morgan fingerprint density at radius 2 is 1.70 bits per heavy atom. The number of nitrogens with zero attached hydrogens (tertiary/aromatic N) is 2. The van der Waals surface area contributed by atoms with Crippen molar-refractivity contribution in [2.75, 3.05) is 25.2 Å². The molecule has 1 N–H and O–H groups in total. The molecule has 196 valence electrons. The second-order valence-electron chi connectivity index (χ2n) is 9.25. The molecule has 3 amide bonds. The zero-order chi connectivity index (χ0) is 26.5. The molecule has 0 fully saturated rings. The number of furan rings is 1.